The van der Waals surface area contributed by atoms with Crippen molar-refractivity contribution in [3.05, 3.63) is 40.5 Å². The molecule has 0 amide bonds. The fourth-order valence-corrected chi connectivity index (χ4v) is 1.25. The molecule has 0 aliphatic carbocycles. The van der Waals surface area contributed by atoms with Crippen molar-refractivity contribution in [2.45, 2.75) is 26.4 Å². The number of hydrogen-bond acceptors (Lipinski definition) is 5. The van der Waals surface area contributed by atoms with Gasteiger partial charge < -0.3 is 9.47 Å². The van der Waals surface area contributed by atoms with Gasteiger partial charge >= 0.3 is 11.8 Å². The highest BCUT2D eigenvalue weighted by Gasteiger charge is 2.22. The number of nitrogens with zero attached hydrogens (tertiary/aromatic N) is 1. The van der Waals surface area contributed by atoms with Gasteiger partial charge in [-0.1, -0.05) is 18.7 Å². The van der Waals surface area contributed by atoms with Crippen molar-refractivity contribution in [2.24, 2.45) is 0 Å². The summed E-state index contributed by atoms with van der Waals surface area (Å²) in [5, 5.41) is 10.9. The van der Waals surface area contributed by atoms with E-state index in [4.69, 9.17) is 9.47 Å². The van der Waals surface area contributed by atoms with Crippen LogP contribution >= 0.6 is 0 Å². The fraction of sp³-hybridized carbons (Fsp3) is 0.308. The standard InChI is InChI=1S/C13H15NO5/c1-5-9-6-7-11(10(8-9)14(16)17)18-12(15)19-13(2,3)4/h5-8H,1H2,2-4H3. The predicted octanol–water partition coefficient (Wildman–Crippen LogP) is 3.55. The molecular weight excluding hydrogens is 250 g/mol. The number of nitro groups is 1. The van der Waals surface area contributed by atoms with Crippen molar-refractivity contribution < 1.29 is 19.2 Å². The number of rotatable bonds is 3. The Morgan fingerprint density at radius 1 is 1.42 bits per heavy atom. The van der Waals surface area contributed by atoms with E-state index in [-0.39, 0.29) is 11.4 Å². The van der Waals surface area contributed by atoms with Gasteiger partial charge in [-0.05, 0) is 32.4 Å². The van der Waals surface area contributed by atoms with Gasteiger partial charge in [0, 0.05) is 6.07 Å². The molecule has 6 nitrogen and oxygen atoms in total. The monoisotopic (exact) mass is 265 g/mol. The maximum Gasteiger partial charge on any atom is 0.514 e. The summed E-state index contributed by atoms with van der Waals surface area (Å²) in [5.74, 6) is -0.162. The van der Waals surface area contributed by atoms with Crippen molar-refractivity contribution in [1.82, 2.24) is 0 Å². The van der Waals surface area contributed by atoms with Gasteiger partial charge in [0.25, 0.3) is 0 Å². The smallest absolute Gasteiger partial charge is 0.428 e. The Bertz CT molecular complexity index is 516. The van der Waals surface area contributed by atoms with Gasteiger partial charge in [-0.15, -0.1) is 0 Å². The summed E-state index contributed by atoms with van der Waals surface area (Å²) in [6.45, 7) is 8.53. The Hall–Kier alpha value is -2.37. The number of hydrogen-bond donors (Lipinski definition) is 0. The van der Waals surface area contributed by atoms with Crippen molar-refractivity contribution in [3.63, 3.8) is 0 Å². The highest BCUT2D eigenvalue weighted by atomic mass is 16.7. The minimum Gasteiger partial charge on any atom is -0.428 e. The molecule has 0 radical (unpaired) electrons. The summed E-state index contributed by atoms with van der Waals surface area (Å²) in [6, 6.07) is 4.16. The zero-order chi connectivity index (χ0) is 14.6. The molecule has 0 atom stereocenters. The Morgan fingerprint density at radius 3 is 2.53 bits per heavy atom. The van der Waals surface area contributed by atoms with Crippen LogP contribution in [0.15, 0.2) is 24.8 Å². The van der Waals surface area contributed by atoms with Gasteiger partial charge in [0.05, 0.1) is 4.92 Å². The SMILES string of the molecule is C=Cc1ccc(OC(=O)OC(C)(C)C)c([N+](=O)[O-])c1. The van der Waals surface area contributed by atoms with Crippen LogP contribution in [0.3, 0.4) is 0 Å². The van der Waals surface area contributed by atoms with Crippen LogP contribution in [0, 0.1) is 10.1 Å². The summed E-state index contributed by atoms with van der Waals surface area (Å²) in [6.07, 6.45) is 0.478. The van der Waals surface area contributed by atoms with E-state index >= 15 is 0 Å². The van der Waals surface area contributed by atoms with Gasteiger partial charge in [0.2, 0.25) is 5.75 Å². The highest BCUT2D eigenvalue weighted by molar-refractivity contribution is 5.68. The lowest BCUT2D eigenvalue weighted by atomic mass is 10.2. The molecule has 6 heteroatoms. The van der Waals surface area contributed by atoms with Crippen LogP contribution in [0.4, 0.5) is 10.5 Å². The molecule has 0 saturated carbocycles. The van der Waals surface area contributed by atoms with Crippen LogP contribution in [0.25, 0.3) is 6.08 Å². The van der Waals surface area contributed by atoms with Crippen molar-refractivity contribution >= 4 is 17.9 Å². The number of carbonyl (C=O) groups excluding carboxylic acids is 1. The second kappa shape index (κ2) is 5.51. The van der Waals surface area contributed by atoms with Gasteiger partial charge in [-0.2, -0.15) is 0 Å². The summed E-state index contributed by atoms with van der Waals surface area (Å²) in [7, 11) is 0. The number of ether oxygens (including phenoxy) is 2. The van der Waals surface area contributed by atoms with Crippen LogP contribution in [0.5, 0.6) is 5.75 Å². The third-order valence-electron chi connectivity index (χ3n) is 2.00. The maximum absolute atomic E-state index is 11.5. The van der Waals surface area contributed by atoms with E-state index in [1.54, 1.807) is 26.8 Å². The highest BCUT2D eigenvalue weighted by Crippen LogP contribution is 2.29. The molecule has 0 spiro atoms. The van der Waals surface area contributed by atoms with E-state index in [9.17, 15) is 14.9 Å². The molecule has 0 fully saturated rings. The van der Waals surface area contributed by atoms with E-state index < -0.39 is 16.7 Å². The quantitative estimate of drug-likeness (QED) is 0.361. The van der Waals surface area contributed by atoms with Crippen molar-refractivity contribution in [1.29, 1.82) is 0 Å². The minimum atomic E-state index is -0.984. The van der Waals surface area contributed by atoms with Gasteiger partial charge in [0.15, 0.2) is 0 Å². The van der Waals surface area contributed by atoms with Crippen LogP contribution < -0.4 is 4.74 Å². The lowest BCUT2D eigenvalue weighted by molar-refractivity contribution is -0.385. The first-order chi connectivity index (χ1) is 8.73. The Morgan fingerprint density at radius 2 is 2.05 bits per heavy atom. The lowest BCUT2D eigenvalue weighted by Crippen LogP contribution is -2.26. The topological polar surface area (TPSA) is 78.7 Å². The molecule has 0 N–H and O–H groups in total. The molecule has 1 rings (SSSR count). The number of carbonyl (C=O) groups is 1. The van der Waals surface area contributed by atoms with Crippen molar-refractivity contribution in [2.75, 3.05) is 0 Å². The first-order valence-electron chi connectivity index (χ1n) is 5.54. The molecule has 1 aromatic rings. The largest absolute Gasteiger partial charge is 0.514 e. The van der Waals surface area contributed by atoms with E-state index in [1.807, 2.05) is 0 Å². The van der Waals surface area contributed by atoms with Crippen LogP contribution in [0.2, 0.25) is 0 Å². The summed E-state index contributed by atoms with van der Waals surface area (Å²) < 4.78 is 9.77. The van der Waals surface area contributed by atoms with Gasteiger partial charge in [-0.25, -0.2) is 4.79 Å². The molecule has 0 aromatic heterocycles. The van der Waals surface area contributed by atoms with Gasteiger partial charge in [-0.3, -0.25) is 10.1 Å². The van der Waals surface area contributed by atoms with Crippen LogP contribution in [-0.2, 0) is 4.74 Å². The molecular formula is C13H15NO5. The molecule has 0 unspecified atom stereocenters. The zero-order valence-electron chi connectivity index (χ0n) is 11.0. The second-order valence-electron chi connectivity index (χ2n) is 4.75. The molecule has 0 saturated heterocycles. The third-order valence-corrected chi connectivity index (χ3v) is 2.00. The summed E-state index contributed by atoms with van der Waals surface area (Å²) in [5.41, 5.74) is -0.487. The van der Waals surface area contributed by atoms with Crippen LogP contribution in [0.1, 0.15) is 26.3 Å². The summed E-state index contributed by atoms with van der Waals surface area (Å²) in [4.78, 5) is 21.7. The van der Waals surface area contributed by atoms with E-state index in [0.717, 1.165) is 0 Å². The fourth-order valence-electron chi connectivity index (χ4n) is 1.25. The second-order valence-corrected chi connectivity index (χ2v) is 4.75. The molecule has 1 aromatic carbocycles. The first-order valence-corrected chi connectivity index (χ1v) is 5.54. The molecule has 0 aliphatic heterocycles. The predicted molar refractivity (Wildman–Crippen MR) is 70.0 cm³/mol. The summed E-state index contributed by atoms with van der Waals surface area (Å²) >= 11 is 0. The Balaban J connectivity index is 2.98. The Labute approximate surface area is 110 Å². The average Bonchev–Trinajstić information content (AvgIpc) is 2.26. The van der Waals surface area contributed by atoms with Gasteiger partial charge in [0.1, 0.15) is 5.60 Å². The average molecular weight is 265 g/mol. The third kappa shape index (κ3) is 4.42. The minimum absolute atomic E-state index is 0.162. The zero-order valence-corrected chi connectivity index (χ0v) is 11.0. The molecule has 19 heavy (non-hydrogen) atoms. The molecule has 0 bridgehead atoms. The molecule has 0 aliphatic rings. The van der Waals surface area contributed by atoms with Crippen molar-refractivity contribution in [3.8, 4) is 5.75 Å². The lowest BCUT2D eigenvalue weighted by Gasteiger charge is -2.18. The van der Waals surface area contributed by atoms with E-state index in [1.165, 1.54) is 18.2 Å². The molecule has 102 valence electrons. The number of nitro benzene ring substituents is 1. The number of benzene rings is 1. The first kappa shape index (κ1) is 14.7. The Kier molecular flexibility index (Phi) is 4.26. The van der Waals surface area contributed by atoms with E-state index in [0.29, 0.717) is 5.56 Å². The molecule has 0 heterocycles. The van der Waals surface area contributed by atoms with Crippen LogP contribution in [-0.4, -0.2) is 16.7 Å². The van der Waals surface area contributed by atoms with E-state index in [2.05, 4.69) is 6.58 Å². The maximum atomic E-state index is 11.5. The normalized spacial score (nSPS) is 10.7.